The molecule has 2 atom stereocenters. The van der Waals surface area contributed by atoms with E-state index in [4.69, 9.17) is 0 Å². The Morgan fingerprint density at radius 3 is 2.72 bits per heavy atom. The topological polar surface area (TPSA) is 82.1 Å². The molecule has 2 fully saturated rings. The summed E-state index contributed by atoms with van der Waals surface area (Å²) in [5.41, 5.74) is 0.602. The van der Waals surface area contributed by atoms with E-state index in [1.54, 1.807) is 18.2 Å². The highest BCUT2D eigenvalue weighted by atomic mass is 32.2. The molecule has 4 rings (SSSR count). The fourth-order valence-corrected chi connectivity index (χ4v) is 5.85. The van der Waals surface area contributed by atoms with Crippen molar-refractivity contribution in [2.24, 2.45) is 10.3 Å². The number of sulfonamides is 1. The molecule has 1 aromatic carbocycles. The second-order valence-corrected chi connectivity index (χ2v) is 10.0. The van der Waals surface area contributed by atoms with Crippen molar-refractivity contribution in [1.82, 2.24) is 15.1 Å². The number of rotatable bonds is 5. The van der Waals surface area contributed by atoms with Crippen molar-refractivity contribution in [1.29, 1.82) is 0 Å². The molecule has 29 heavy (non-hydrogen) atoms. The number of fused-ring (bicyclic) bond motifs is 1. The quantitative estimate of drug-likeness (QED) is 0.789. The lowest BCUT2D eigenvalue weighted by molar-refractivity contribution is -0.124. The van der Waals surface area contributed by atoms with Crippen molar-refractivity contribution in [2.45, 2.75) is 50.0 Å². The third-order valence-corrected chi connectivity index (χ3v) is 7.41. The standard InChI is InChI=1S/C21H30N4O3S/c1-16(15-24-11-5-2-6-12-24)14-22-21(26)18-9-7-13-25(18)20-17-8-3-4-10-19(17)29(27,28)23-20/h3-4,8,10,16,18H,2,5-7,9,11-15H2,1H3,(H,22,26)/t16?,18-/m0/s1. The van der Waals surface area contributed by atoms with Crippen LogP contribution < -0.4 is 5.32 Å². The van der Waals surface area contributed by atoms with Crippen LogP contribution in [0.1, 0.15) is 44.6 Å². The van der Waals surface area contributed by atoms with Gasteiger partial charge in [-0.05, 0) is 56.8 Å². The summed E-state index contributed by atoms with van der Waals surface area (Å²) >= 11 is 0. The molecule has 3 heterocycles. The maximum atomic E-state index is 12.9. The summed E-state index contributed by atoms with van der Waals surface area (Å²) in [6, 6.07) is 6.49. The van der Waals surface area contributed by atoms with Crippen LogP contribution in [0.4, 0.5) is 0 Å². The Kier molecular flexibility index (Phi) is 5.92. The minimum atomic E-state index is -3.67. The van der Waals surface area contributed by atoms with Crippen molar-refractivity contribution in [3.63, 3.8) is 0 Å². The first kappa shape index (κ1) is 20.3. The Morgan fingerprint density at radius 2 is 1.93 bits per heavy atom. The molecule has 1 amide bonds. The number of carbonyl (C=O) groups excluding carboxylic acids is 1. The van der Waals surface area contributed by atoms with Gasteiger partial charge in [-0.25, -0.2) is 0 Å². The Balaban J connectivity index is 1.39. The van der Waals surface area contributed by atoms with Gasteiger partial charge in [-0.3, -0.25) is 4.79 Å². The van der Waals surface area contributed by atoms with Gasteiger partial charge in [-0.2, -0.15) is 8.42 Å². The van der Waals surface area contributed by atoms with Gasteiger partial charge in [0.2, 0.25) is 5.91 Å². The number of likely N-dealkylation sites (tertiary alicyclic amines) is 2. The molecular weight excluding hydrogens is 388 g/mol. The number of benzene rings is 1. The number of nitrogens with zero attached hydrogens (tertiary/aromatic N) is 3. The van der Waals surface area contributed by atoms with E-state index in [-0.39, 0.29) is 16.8 Å². The largest absolute Gasteiger partial charge is 0.354 e. The Bertz CT molecular complexity index is 893. The van der Waals surface area contributed by atoms with Gasteiger partial charge in [0, 0.05) is 25.2 Å². The van der Waals surface area contributed by atoms with E-state index in [0.717, 1.165) is 26.1 Å². The van der Waals surface area contributed by atoms with Gasteiger partial charge in [0.25, 0.3) is 10.0 Å². The Hall–Kier alpha value is -1.93. The molecule has 2 saturated heterocycles. The SMILES string of the molecule is CC(CNC(=O)[C@@H]1CCCN1C1=NS(=O)(=O)c2ccccc21)CN1CCCCC1. The first-order valence-electron chi connectivity index (χ1n) is 10.7. The summed E-state index contributed by atoms with van der Waals surface area (Å²) in [6.45, 7) is 6.77. The van der Waals surface area contributed by atoms with Crippen LogP contribution in [0, 0.1) is 5.92 Å². The second kappa shape index (κ2) is 8.44. The molecule has 1 N–H and O–H groups in total. The molecule has 1 aromatic rings. The third-order valence-electron chi connectivity index (χ3n) is 6.08. The molecule has 7 nitrogen and oxygen atoms in total. The van der Waals surface area contributed by atoms with Crippen LogP contribution in [-0.4, -0.2) is 68.7 Å². The lowest BCUT2D eigenvalue weighted by atomic mass is 10.1. The van der Waals surface area contributed by atoms with E-state index in [1.165, 1.54) is 19.3 Å². The minimum Gasteiger partial charge on any atom is -0.354 e. The van der Waals surface area contributed by atoms with Gasteiger partial charge in [0.1, 0.15) is 10.9 Å². The maximum Gasteiger partial charge on any atom is 0.285 e. The van der Waals surface area contributed by atoms with Crippen LogP contribution in [0.3, 0.4) is 0 Å². The van der Waals surface area contributed by atoms with E-state index in [2.05, 4.69) is 21.5 Å². The van der Waals surface area contributed by atoms with E-state index in [9.17, 15) is 13.2 Å². The average molecular weight is 419 g/mol. The van der Waals surface area contributed by atoms with E-state index in [1.807, 2.05) is 11.0 Å². The van der Waals surface area contributed by atoms with E-state index >= 15 is 0 Å². The number of piperidine rings is 1. The van der Waals surface area contributed by atoms with Crippen LogP contribution in [0.25, 0.3) is 0 Å². The highest BCUT2D eigenvalue weighted by Gasteiger charge is 2.39. The monoisotopic (exact) mass is 418 g/mol. The molecule has 0 aromatic heterocycles. The lowest BCUT2D eigenvalue weighted by Crippen LogP contribution is -2.47. The predicted octanol–water partition coefficient (Wildman–Crippen LogP) is 1.84. The van der Waals surface area contributed by atoms with Crippen molar-refractivity contribution in [3.8, 4) is 0 Å². The number of nitrogens with one attached hydrogen (secondary N) is 1. The highest BCUT2D eigenvalue weighted by molar-refractivity contribution is 7.90. The van der Waals surface area contributed by atoms with Crippen LogP contribution in [0.5, 0.6) is 0 Å². The van der Waals surface area contributed by atoms with Gasteiger partial charge < -0.3 is 15.1 Å². The molecule has 3 aliphatic rings. The van der Waals surface area contributed by atoms with E-state index < -0.39 is 10.0 Å². The number of hydrogen-bond acceptors (Lipinski definition) is 5. The zero-order valence-corrected chi connectivity index (χ0v) is 17.8. The van der Waals surface area contributed by atoms with Gasteiger partial charge in [0.15, 0.2) is 5.84 Å². The van der Waals surface area contributed by atoms with E-state index in [0.29, 0.717) is 36.8 Å². The number of amidine groups is 1. The van der Waals surface area contributed by atoms with Gasteiger partial charge in [0.05, 0.1) is 0 Å². The second-order valence-electron chi connectivity index (χ2n) is 8.45. The highest BCUT2D eigenvalue weighted by Crippen LogP contribution is 2.31. The average Bonchev–Trinajstić information content (AvgIpc) is 3.30. The molecule has 158 valence electrons. The maximum absolute atomic E-state index is 12.9. The zero-order valence-electron chi connectivity index (χ0n) is 17.0. The summed E-state index contributed by atoms with van der Waals surface area (Å²) in [4.78, 5) is 17.5. The van der Waals surface area contributed by atoms with Crippen LogP contribution >= 0.6 is 0 Å². The summed E-state index contributed by atoms with van der Waals surface area (Å²) in [5, 5.41) is 3.10. The Morgan fingerprint density at radius 1 is 1.17 bits per heavy atom. The fourth-order valence-electron chi connectivity index (χ4n) is 4.63. The molecule has 8 heteroatoms. The molecule has 1 unspecified atom stereocenters. The van der Waals surface area contributed by atoms with Gasteiger partial charge in [-0.1, -0.05) is 25.5 Å². The normalized spacial score (nSPS) is 24.8. The predicted molar refractivity (Wildman–Crippen MR) is 112 cm³/mol. The zero-order chi connectivity index (χ0) is 20.4. The van der Waals surface area contributed by atoms with Crippen molar-refractivity contribution >= 4 is 21.8 Å². The summed E-state index contributed by atoms with van der Waals surface area (Å²) < 4.78 is 28.8. The third kappa shape index (κ3) is 4.33. The van der Waals surface area contributed by atoms with Gasteiger partial charge in [-0.15, -0.1) is 4.40 Å². The van der Waals surface area contributed by atoms with Crippen LogP contribution in [-0.2, 0) is 14.8 Å². The molecule has 0 radical (unpaired) electrons. The lowest BCUT2D eigenvalue weighted by Gasteiger charge is -2.30. The molecule has 3 aliphatic heterocycles. The number of hydrogen-bond donors (Lipinski definition) is 1. The molecular formula is C21H30N4O3S. The molecule has 0 aliphatic carbocycles. The summed E-state index contributed by atoms with van der Waals surface area (Å²) in [7, 11) is -3.67. The summed E-state index contributed by atoms with van der Waals surface area (Å²) in [6.07, 6.45) is 5.42. The van der Waals surface area contributed by atoms with Gasteiger partial charge >= 0.3 is 0 Å². The Labute approximate surface area is 173 Å². The molecule has 0 bridgehead atoms. The minimum absolute atomic E-state index is 0.0301. The summed E-state index contributed by atoms with van der Waals surface area (Å²) in [5.74, 6) is 0.772. The molecule has 0 spiro atoms. The van der Waals surface area contributed by atoms with Crippen LogP contribution in [0.2, 0.25) is 0 Å². The molecule has 0 saturated carbocycles. The number of carbonyl (C=O) groups is 1. The van der Waals surface area contributed by atoms with Crippen molar-refractivity contribution < 1.29 is 13.2 Å². The van der Waals surface area contributed by atoms with Crippen LogP contribution in [0.15, 0.2) is 33.6 Å². The van der Waals surface area contributed by atoms with Crippen molar-refractivity contribution in [3.05, 3.63) is 29.8 Å². The fraction of sp³-hybridized carbons (Fsp3) is 0.619. The van der Waals surface area contributed by atoms with Crippen molar-refractivity contribution in [2.75, 3.05) is 32.7 Å². The smallest absolute Gasteiger partial charge is 0.285 e. The number of amides is 1. The first-order chi connectivity index (χ1) is 14.0. The first-order valence-corrected chi connectivity index (χ1v) is 12.1.